The summed E-state index contributed by atoms with van der Waals surface area (Å²) in [6, 6.07) is 13.0. The van der Waals surface area contributed by atoms with Crippen LogP contribution in [0.2, 0.25) is 0 Å². The minimum atomic E-state index is -4.38. The van der Waals surface area contributed by atoms with Crippen molar-refractivity contribution >= 4 is 28.3 Å². The van der Waals surface area contributed by atoms with E-state index in [1.165, 1.54) is 17.6 Å². The summed E-state index contributed by atoms with van der Waals surface area (Å²) in [7, 11) is 3.42. The minimum Gasteiger partial charge on any atom is -0.497 e. The molecule has 0 radical (unpaired) electrons. The van der Waals surface area contributed by atoms with Crippen LogP contribution in [0.25, 0.3) is 0 Å². The second-order valence-electron chi connectivity index (χ2n) is 8.29. The van der Waals surface area contributed by atoms with Crippen LogP contribution in [0.4, 0.5) is 24.0 Å². The summed E-state index contributed by atoms with van der Waals surface area (Å²) < 4.78 is 48.7. The summed E-state index contributed by atoms with van der Waals surface area (Å²) in [5.41, 5.74) is 0.880. The first-order valence-corrected chi connectivity index (χ1v) is 11.9. The number of hydrogen-bond donors (Lipinski definition) is 0. The molecule has 2 heterocycles. The van der Waals surface area contributed by atoms with Crippen LogP contribution in [0.15, 0.2) is 48.5 Å². The van der Waals surface area contributed by atoms with Gasteiger partial charge in [-0.2, -0.15) is 17.5 Å². The number of amides is 1. The number of piperazine rings is 1. The topological polar surface area (TPSA) is 61.8 Å². The number of ether oxygens (including phenoxy) is 1. The Labute approximate surface area is 205 Å². The highest BCUT2D eigenvalue weighted by atomic mass is 32.1. The molecule has 3 aromatic rings. The molecule has 0 spiro atoms. The van der Waals surface area contributed by atoms with Crippen molar-refractivity contribution in [3.8, 4) is 5.75 Å². The fourth-order valence-electron chi connectivity index (χ4n) is 3.90. The largest absolute Gasteiger partial charge is 0.497 e. The Balaban J connectivity index is 1.30. The van der Waals surface area contributed by atoms with Gasteiger partial charge in [0.2, 0.25) is 11.0 Å². The van der Waals surface area contributed by atoms with E-state index in [0.29, 0.717) is 49.2 Å². The molecule has 0 N–H and O–H groups in total. The highest BCUT2D eigenvalue weighted by Crippen LogP contribution is 2.32. The van der Waals surface area contributed by atoms with Crippen LogP contribution < -0.4 is 14.5 Å². The zero-order chi connectivity index (χ0) is 25.0. The molecule has 186 valence electrons. The molecular weight excluding hydrogens is 479 g/mol. The summed E-state index contributed by atoms with van der Waals surface area (Å²) in [5.74, 6) is 1.39. The Bertz CT molecular complexity index is 1160. The Kier molecular flexibility index (Phi) is 7.44. The lowest BCUT2D eigenvalue weighted by Gasteiger charge is -2.36. The van der Waals surface area contributed by atoms with Crippen molar-refractivity contribution in [2.75, 3.05) is 56.7 Å². The number of anilines is 2. The molecule has 35 heavy (non-hydrogen) atoms. The second kappa shape index (κ2) is 10.5. The van der Waals surface area contributed by atoms with E-state index >= 15 is 0 Å². The van der Waals surface area contributed by atoms with Crippen molar-refractivity contribution in [2.24, 2.45) is 0 Å². The van der Waals surface area contributed by atoms with Crippen molar-refractivity contribution in [1.82, 2.24) is 14.3 Å². The van der Waals surface area contributed by atoms with Crippen molar-refractivity contribution in [1.29, 1.82) is 0 Å². The fourth-order valence-corrected chi connectivity index (χ4v) is 4.54. The first kappa shape index (κ1) is 24.8. The molecule has 0 atom stereocenters. The maximum Gasteiger partial charge on any atom is 0.416 e. The van der Waals surface area contributed by atoms with Gasteiger partial charge >= 0.3 is 6.18 Å². The van der Waals surface area contributed by atoms with Crippen molar-refractivity contribution in [2.45, 2.75) is 12.6 Å². The molecule has 1 saturated heterocycles. The standard InChI is InChI=1S/C24H26F3N5O2S/c1-30(23-28-21(29-35-23)14-17-5-3-8-20(13-17)34-2)16-22(33)32-11-9-31(10-12-32)19-7-4-6-18(15-19)24(25,26)27/h3-8,13,15H,9-12,14,16H2,1-2H3. The lowest BCUT2D eigenvalue weighted by Crippen LogP contribution is -2.51. The average Bonchev–Trinajstić information content (AvgIpc) is 3.32. The number of alkyl halides is 3. The third-order valence-electron chi connectivity index (χ3n) is 5.82. The Morgan fingerprint density at radius 2 is 1.86 bits per heavy atom. The highest BCUT2D eigenvalue weighted by Gasteiger charge is 2.31. The van der Waals surface area contributed by atoms with Crippen LogP contribution in [0.3, 0.4) is 0 Å². The monoisotopic (exact) mass is 505 g/mol. The summed E-state index contributed by atoms with van der Waals surface area (Å²) in [6.07, 6.45) is -3.82. The molecule has 1 aliphatic rings. The molecule has 1 fully saturated rings. The van der Waals surface area contributed by atoms with Crippen LogP contribution in [0.1, 0.15) is 17.0 Å². The van der Waals surface area contributed by atoms with Gasteiger partial charge in [0.15, 0.2) is 0 Å². The third-order valence-corrected chi connectivity index (χ3v) is 6.69. The van der Waals surface area contributed by atoms with Gasteiger partial charge in [-0.3, -0.25) is 4.79 Å². The molecular formula is C24H26F3N5O2S. The Morgan fingerprint density at radius 3 is 2.57 bits per heavy atom. The summed E-state index contributed by atoms with van der Waals surface area (Å²) in [6.45, 7) is 1.98. The van der Waals surface area contributed by atoms with Gasteiger partial charge < -0.3 is 19.4 Å². The normalized spacial score (nSPS) is 14.2. The SMILES string of the molecule is COc1cccc(Cc2nsc(N(C)CC(=O)N3CCN(c4cccc(C(F)(F)F)c4)CC3)n2)c1. The Hall–Kier alpha value is -3.34. The predicted molar refractivity (Wildman–Crippen MR) is 129 cm³/mol. The number of rotatable bonds is 7. The van der Waals surface area contributed by atoms with Gasteiger partial charge in [-0.25, -0.2) is 4.98 Å². The molecule has 0 aliphatic carbocycles. The Morgan fingerprint density at radius 1 is 1.11 bits per heavy atom. The van der Waals surface area contributed by atoms with E-state index < -0.39 is 11.7 Å². The van der Waals surface area contributed by atoms with Crippen molar-refractivity contribution in [3.63, 3.8) is 0 Å². The second-order valence-corrected chi connectivity index (χ2v) is 9.02. The minimum absolute atomic E-state index is 0.0549. The van der Waals surface area contributed by atoms with Gasteiger partial charge in [0.1, 0.15) is 11.6 Å². The molecule has 1 amide bonds. The van der Waals surface area contributed by atoms with Crippen LogP contribution in [-0.4, -0.2) is 67.0 Å². The zero-order valence-corrected chi connectivity index (χ0v) is 20.3. The van der Waals surface area contributed by atoms with Crippen LogP contribution in [0.5, 0.6) is 5.75 Å². The highest BCUT2D eigenvalue weighted by molar-refractivity contribution is 7.09. The average molecular weight is 506 g/mol. The molecule has 2 aromatic carbocycles. The number of benzene rings is 2. The maximum atomic E-state index is 13.0. The van der Waals surface area contributed by atoms with E-state index in [4.69, 9.17) is 4.74 Å². The van der Waals surface area contributed by atoms with Crippen LogP contribution in [-0.2, 0) is 17.4 Å². The predicted octanol–water partition coefficient (Wildman–Crippen LogP) is 3.94. The molecule has 4 rings (SSSR count). The molecule has 0 bridgehead atoms. The van der Waals surface area contributed by atoms with E-state index in [1.54, 1.807) is 30.0 Å². The molecule has 0 unspecified atom stereocenters. The van der Waals surface area contributed by atoms with Gasteiger partial charge in [0, 0.05) is 56.9 Å². The molecule has 11 heteroatoms. The molecule has 0 saturated carbocycles. The number of nitrogens with zero attached hydrogens (tertiary/aromatic N) is 5. The summed E-state index contributed by atoms with van der Waals surface area (Å²) in [5, 5.41) is 0.652. The maximum absolute atomic E-state index is 13.0. The van der Waals surface area contributed by atoms with Gasteiger partial charge in [-0.1, -0.05) is 18.2 Å². The summed E-state index contributed by atoms with van der Waals surface area (Å²) in [4.78, 5) is 22.8. The van der Waals surface area contributed by atoms with Crippen molar-refractivity contribution in [3.05, 3.63) is 65.5 Å². The van der Waals surface area contributed by atoms with E-state index in [0.717, 1.165) is 23.4 Å². The first-order valence-electron chi connectivity index (χ1n) is 11.1. The van der Waals surface area contributed by atoms with Gasteiger partial charge in [-0.05, 0) is 35.9 Å². The lowest BCUT2D eigenvalue weighted by molar-refractivity contribution is -0.137. The van der Waals surface area contributed by atoms with E-state index in [1.807, 2.05) is 29.2 Å². The number of hydrogen-bond acceptors (Lipinski definition) is 7. The van der Waals surface area contributed by atoms with Crippen molar-refractivity contribution < 1.29 is 22.7 Å². The van der Waals surface area contributed by atoms with E-state index in [9.17, 15) is 18.0 Å². The summed E-state index contributed by atoms with van der Waals surface area (Å²) >= 11 is 1.24. The first-order chi connectivity index (χ1) is 16.7. The molecule has 7 nitrogen and oxygen atoms in total. The number of halogens is 3. The van der Waals surface area contributed by atoms with Gasteiger partial charge in [0.25, 0.3) is 0 Å². The smallest absolute Gasteiger partial charge is 0.416 e. The number of methoxy groups -OCH3 is 1. The van der Waals surface area contributed by atoms with E-state index in [-0.39, 0.29) is 12.5 Å². The number of aromatic nitrogens is 2. The van der Waals surface area contributed by atoms with Gasteiger partial charge in [-0.15, -0.1) is 0 Å². The quantitative estimate of drug-likeness (QED) is 0.485. The number of carbonyl (C=O) groups excluding carboxylic acids is 1. The third kappa shape index (κ3) is 6.21. The molecule has 1 aromatic heterocycles. The lowest BCUT2D eigenvalue weighted by atomic mass is 10.1. The van der Waals surface area contributed by atoms with Crippen LogP contribution >= 0.6 is 11.5 Å². The molecule has 1 aliphatic heterocycles. The fraction of sp³-hybridized carbons (Fsp3) is 0.375. The van der Waals surface area contributed by atoms with Crippen LogP contribution in [0, 0.1) is 0 Å². The van der Waals surface area contributed by atoms with Gasteiger partial charge in [0.05, 0.1) is 19.2 Å². The van der Waals surface area contributed by atoms with E-state index in [2.05, 4.69) is 9.36 Å². The number of carbonyl (C=O) groups is 1. The number of likely N-dealkylation sites (N-methyl/N-ethyl adjacent to an activating group) is 1. The zero-order valence-electron chi connectivity index (χ0n) is 19.5.